The number of rotatable bonds is 3. The molecule has 1 aromatic rings. The van der Waals surface area contributed by atoms with Gasteiger partial charge in [0.25, 0.3) is 0 Å². The average Bonchev–Trinajstić information content (AvgIpc) is 2.97. The number of carbonyl (C=O) groups is 3. The van der Waals surface area contributed by atoms with Crippen LogP contribution in [0.4, 0.5) is 0 Å². The Balaban J connectivity index is 1.84. The number of benzene rings is 1. The standard InChI is InChI=1S/C21H24O5Se/c1-19(2)15(27-13-7-5-4-6-8-13)11-20-12-16(22)26-14(20)9-10-21(19,17(20)23)18(24)25-3/h4-8,14-15H,9-12H2,1-3H3/t14-,15+,20+,21+/m0/s1. The van der Waals surface area contributed by atoms with Gasteiger partial charge in [-0.05, 0) is 0 Å². The Labute approximate surface area is 165 Å². The average molecular weight is 435 g/mol. The summed E-state index contributed by atoms with van der Waals surface area (Å²) in [5.74, 6) is -0.906. The van der Waals surface area contributed by atoms with Crippen LogP contribution in [-0.4, -0.2) is 45.9 Å². The van der Waals surface area contributed by atoms with Crippen LogP contribution in [0.1, 0.15) is 39.5 Å². The number of fused-ring (bicyclic) bond motifs is 1. The summed E-state index contributed by atoms with van der Waals surface area (Å²) < 4.78 is 11.9. The molecule has 0 amide bonds. The first-order valence-corrected chi connectivity index (χ1v) is 11.2. The van der Waals surface area contributed by atoms with Crippen LogP contribution in [0.3, 0.4) is 0 Å². The van der Waals surface area contributed by atoms with Crippen molar-refractivity contribution in [2.45, 2.75) is 50.5 Å². The van der Waals surface area contributed by atoms with Gasteiger partial charge < -0.3 is 0 Å². The Morgan fingerprint density at radius 2 is 1.93 bits per heavy atom. The predicted octanol–water partition coefficient (Wildman–Crippen LogP) is 2.06. The second-order valence-electron chi connectivity index (χ2n) is 8.42. The fourth-order valence-corrected chi connectivity index (χ4v) is 8.58. The summed E-state index contributed by atoms with van der Waals surface area (Å²) in [6.45, 7) is 4.06. The first-order chi connectivity index (χ1) is 12.8. The first-order valence-electron chi connectivity index (χ1n) is 9.32. The normalized spacial score (nSPS) is 36.7. The van der Waals surface area contributed by atoms with Gasteiger partial charge in [-0.25, -0.2) is 0 Å². The molecule has 144 valence electrons. The van der Waals surface area contributed by atoms with Gasteiger partial charge in [0.05, 0.1) is 0 Å². The third-order valence-electron chi connectivity index (χ3n) is 6.98. The summed E-state index contributed by atoms with van der Waals surface area (Å²) in [5, 5.41) is 0. The Bertz CT molecular complexity index is 804. The molecule has 2 aliphatic carbocycles. The Hall–Kier alpha value is -1.65. The van der Waals surface area contributed by atoms with Crippen LogP contribution < -0.4 is 4.46 Å². The predicted molar refractivity (Wildman–Crippen MR) is 99.6 cm³/mol. The minimum absolute atomic E-state index is 0.0608. The van der Waals surface area contributed by atoms with Crippen LogP contribution in [0.15, 0.2) is 30.3 Å². The summed E-state index contributed by atoms with van der Waals surface area (Å²) in [7, 11) is 1.35. The fraction of sp³-hybridized carbons (Fsp3) is 0.571. The molecule has 0 aromatic heterocycles. The molecule has 2 saturated carbocycles. The fourth-order valence-electron chi connectivity index (χ4n) is 5.39. The van der Waals surface area contributed by atoms with Crippen molar-refractivity contribution >= 4 is 37.1 Å². The Kier molecular flexibility index (Phi) is 4.28. The van der Waals surface area contributed by atoms with Gasteiger partial charge in [0.15, 0.2) is 0 Å². The molecule has 0 radical (unpaired) electrons. The number of ether oxygens (including phenoxy) is 2. The zero-order valence-corrected chi connectivity index (χ0v) is 17.5. The molecule has 3 aliphatic rings. The summed E-state index contributed by atoms with van der Waals surface area (Å²) in [6, 6.07) is 10.2. The number of hydrogen-bond acceptors (Lipinski definition) is 5. The van der Waals surface area contributed by atoms with Crippen molar-refractivity contribution in [1.29, 1.82) is 0 Å². The third kappa shape index (κ3) is 2.39. The minimum atomic E-state index is -1.20. The summed E-state index contributed by atoms with van der Waals surface area (Å²) >= 11 is 0.0608. The number of methoxy groups -OCH3 is 1. The molecule has 0 N–H and O–H groups in total. The number of esters is 2. The van der Waals surface area contributed by atoms with Crippen LogP contribution in [0.25, 0.3) is 0 Å². The van der Waals surface area contributed by atoms with E-state index in [4.69, 9.17) is 9.47 Å². The van der Waals surface area contributed by atoms with E-state index < -0.39 is 28.3 Å². The van der Waals surface area contributed by atoms with Crippen molar-refractivity contribution in [3.63, 3.8) is 0 Å². The van der Waals surface area contributed by atoms with Crippen molar-refractivity contribution < 1.29 is 23.9 Å². The van der Waals surface area contributed by atoms with Gasteiger partial charge in [0.2, 0.25) is 0 Å². The van der Waals surface area contributed by atoms with E-state index in [9.17, 15) is 14.4 Å². The van der Waals surface area contributed by atoms with Crippen molar-refractivity contribution in [2.24, 2.45) is 16.2 Å². The second kappa shape index (κ2) is 6.18. The van der Waals surface area contributed by atoms with Gasteiger partial charge in [-0.2, -0.15) is 0 Å². The van der Waals surface area contributed by atoms with Crippen LogP contribution in [0.5, 0.6) is 0 Å². The van der Waals surface area contributed by atoms with Gasteiger partial charge in [0, 0.05) is 0 Å². The molecule has 4 rings (SSSR count). The van der Waals surface area contributed by atoms with E-state index in [-0.39, 0.29) is 37.9 Å². The van der Waals surface area contributed by atoms with Crippen molar-refractivity contribution in [2.75, 3.05) is 7.11 Å². The maximum absolute atomic E-state index is 13.8. The number of ketones is 1. The molecule has 6 heteroatoms. The van der Waals surface area contributed by atoms with Crippen LogP contribution in [-0.2, 0) is 23.9 Å². The number of carbonyl (C=O) groups excluding carboxylic acids is 3. The van der Waals surface area contributed by atoms with Crippen LogP contribution in [0, 0.1) is 16.2 Å². The zero-order valence-electron chi connectivity index (χ0n) is 15.8. The van der Waals surface area contributed by atoms with E-state index in [1.54, 1.807) is 0 Å². The van der Waals surface area contributed by atoms with E-state index in [1.165, 1.54) is 11.6 Å². The van der Waals surface area contributed by atoms with Crippen molar-refractivity contribution in [3.8, 4) is 0 Å². The van der Waals surface area contributed by atoms with E-state index in [0.29, 0.717) is 19.3 Å². The molecule has 1 spiro atoms. The quantitative estimate of drug-likeness (QED) is 0.413. The van der Waals surface area contributed by atoms with E-state index in [2.05, 4.69) is 12.1 Å². The van der Waals surface area contributed by atoms with Crippen LogP contribution in [0.2, 0.25) is 4.82 Å². The van der Waals surface area contributed by atoms with E-state index in [1.807, 2.05) is 32.0 Å². The molecule has 1 aromatic carbocycles. The SMILES string of the molecule is COC(=O)[C@]12CC[C@@H]3OC(=O)C[C@@]3(C[C@@H]([Se]c3ccccc3)C1(C)C)C2=O. The van der Waals surface area contributed by atoms with E-state index >= 15 is 0 Å². The summed E-state index contributed by atoms with van der Waals surface area (Å²) in [4.78, 5) is 39.1. The first kappa shape index (κ1) is 18.7. The van der Waals surface area contributed by atoms with Gasteiger partial charge in [-0.15, -0.1) is 0 Å². The zero-order chi connectivity index (χ0) is 19.4. The molecule has 4 atom stereocenters. The molecule has 0 unspecified atom stereocenters. The van der Waals surface area contributed by atoms with Crippen LogP contribution >= 0.6 is 0 Å². The van der Waals surface area contributed by atoms with Gasteiger partial charge in [-0.1, -0.05) is 0 Å². The van der Waals surface area contributed by atoms with Gasteiger partial charge in [0.1, 0.15) is 0 Å². The summed E-state index contributed by atoms with van der Waals surface area (Å²) in [5.41, 5.74) is -2.62. The van der Waals surface area contributed by atoms with Gasteiger partial charge in [-0.3, -0.25) is 0 Å². The van der Waals surface area contributed by atoms with E-state index in [0.717, 1.165) is 0 Å². The molecular formula is C21H24O5Se. The second-order valence-corrected chi connectivity index (χ2v) is 11.1. The molecule has 27 heavy (non-hydrogen) atoms. The molecule has 3 fully saturated rings. The number of Topliss-reactive ketones (excluding diaryl/α,β-unsaturated/α-hetero) is 1. The third-order valence-corrected chi connectivity index (χ3v) is 10.3. The molecule has 1 heterocycles. The maximum atomic E-state index is 13.8. The summed E-state index contributed by atoms with van der Waals surface area (Å²) in [6.07, 6.45) is 1.21. The Morgan fingerprint density at radius 1 is 1.22 bits per heavy atom. The van der Waals surface area contributed by atoms with Gasteiger partial charge >= 0.3 is 165 Å². The molecule has 5 nitrogen and oxygen atoms in total. The molecule has 1 aliphatic heterocycles. The Morgan fingerprint density at radius 3 is 2.59 bits per heavy atom. The van der Waals surface area contributed by atoms with Crippen molar-refractivity contribution in [1.82, 2.24) is 0 Å². The van der Waals surface area contributed by atoms with Crippen molar-refractivity contribution in [3.05, 3.63) is 30.3 Å². The molecular weight excluding hydrogens is 411 g/mol. The monoisotopic (exact) mass is 436 g/mol. The number of hydrogen-bond donors (Lipinski definition) is 0. The molecule has 2 bridgehead atoms. The topological polar surface area (TPSA) is 69.7 Å². The molecule has 1 saturated heterocycles.